The summed E-state index contributed by atoms with van der Waals surface area (Å²) in [4.78, 5) is 10.1. The van der Waals surface area contributed by atoms with Crippen LogP contribution in [0.3, 0.4) is 0 Å². The number of hydrogen-bond donors (Lipinski definition) is 1. The van der Waals surface area contributed by atoms with Gasteiger partial charge in [0.2, 0.25) is 6.54 Å². The molecule has 5 atom stereocenters. The van der Waals surface area contributed by atoms with Crippen molar-refractivity contribution in [1.29, 1.82) is 0 Å². The van der Waals surface area contributed by atoms with Crippen molar-refractivity contribution in [3.8, 4) is 0 Å². The molecule has 132 valence electrons. The van der Waals surface area contributed by atoms with Crippen molar-refractivity contribution < 1.29 is 29.0 Å². The fraction of sp³-hybridized carbons (Fsp3) is 0.625. The van der Waals surface area contributed by atoms with Gasteiger partial charge in [0.1, 0.15) is 24.4 Å². The maximum atomic E-state index is 10.7. The van der Waals surface area contributed by atoms with E-state index in [4.69, 9.17) is 18.9 Å². The third-order valence-electron chi connectivity index (χ3n) is 4.03. The largest absolute Gasteiger partial charge is 0.383 e. The second-order valence-electron chi connectivity index (χ2n) is 6.41. The maximum absolute atomic E-state index is 10.7. The van der Waals surface area contributed by atoms with Crippen molar-refractivity contribution in [2.75, 3.05) is 6.54 Å². The van der Waals surface area contributed by atoms with Gasteiger partial charge in [0.15, 0.2) is 12.1 Å². The number of nitro groups is 1. The molecule has 0 bridgehead atoms. The number of aliphatic hydroxyl groups is 1. The van der Waals surface area contributed by atoms with Gasteiger partial charge in [0, 0.05) is 4.92 Å². The highest BCUT2D eigenvalue weighted by Crippen LogP contribution is 2.39. The third-order valence-corrected chi connectivity index (χ3v) is 4.03. The first-order valence-corrected chi connectivity index (χ1v) is 7.82. The molecule has 0 aliphatic carbocycles. The summed E-state index contributed by atoms with van der Waals surface area (Å²) in [6, 6.07) is 9.50. The summed E-state index contributed by atoms with van der Waals surface area (Å²) < 4.78 is 23.0. The lowest BCUT2D eigenvalue weighted by molar-refractivity contribution is -0.494. The van der Waals surface area contributed by atoms with E-state index in [0.717, 1.165) is 5.56 Å². The summed E-state index contributed by atoms with van der Waals surface area (Å²) in [5.74, 6) is -0.831. The Kier molecular flexibility index (Phi) is 4.84. The van der Waals surface area contributed by atoms with Crippen LogP contribution < -0.4 is 0 Å². The molecule has 2 aliphatic rings. The average Bonchev–Trinajstić information content (AvgIpc) is 2.97. The molecule has 0 radical (unpaired) electrons. The Labute approximate surface area is 139 Å². The van der Waals surface area contributed by atoms with Gasteiger partial charge in [-0.15, -0.1) is 0 Å². The van der Waals surface area contributed by atoms with Gasteiger partial charge in [-0.2, -0.15) is 0 Å². The molecule has 1 aromatic rings. The van der Waals surface area contributed by atoms with E-state index in [9.17, 15) is 15.2 Å². The molecule has 5 unspecified atom stereocenters. The van der Waals surface area contributed by atoms with Crippen LogP contribution >= 0.6 is 0 Å². The van der Waals surface area contributed by atoms with E-state index in [1.807, 2.05) is 30.3 Å². The van der Waals surface area contributed by atoms with E-state index in [1.54, 1.807) is 13.8 Å². The lowest BCUT2D eigenvalue weighted by Crippen LogP contribution is -2.45. The van der Waals surface area contributed by atoms with Crippen LogP contribution in [0, 0.1) is 10.1 Å². The quantitative estimate of drug-likeness (QED) is 0.611. The van der Waals surface area contributed by atoms with Gasteiger partial charge in [-0.1, -0.05) is 30.3 Å². The highest BCUT2D eigenvalue weighted by atomic mass is 16.8. The first-order valence-electron chi connectivity index (χ1n) is 7.82. The molecule has 2 fully saturated rings. The van der Waals surface area contributed by atoms with Crippen LogP contribution in [0.2, 0.25) is 0 Å². The topological polar surface area (TPSA) is 100 Å². The number of ether oxygens (including phenoxy) is 4. The van der Waals surface area contributed by atoms with E-state index >= 15 is 0 Å². The summed E-state index contributed by atoms with van der Waals surface area (Å²) in [6.45, 7) is 3.17. The van der Waals surface area contributed by atoms with E-state index in [0.29, 0.717) is 0 Å². The Bertz CT molecular complexity index is 579. The van der Waals surface area contributed by atoms with Crippen LogP contribution in [0.25, 0.3) is 0 Å². The van der Waals surface area contributed by atoms with Gasteiger partial charge in [-0.05, 0) is 19.4 Å². The van der Waals surface area contributed by atoms with E-state index in [-0.39, 0.29) is 6.61 Å². The summed E-state index contributed by atoms with van der Waals surface area (Å²) >= 11 is 0. The van der Waals surface area contributed by atoms with Gasteiger partial charge < -0.3 is 24.1 Å². The second kappa shape index (κ2) is 6.73. The zero-order valence-electron chi connectivity index (χ0n) is 13.5. The lowest BCUT2D eigenvalue weighted by atomic mass is 10.1. The van der Waals surface area contributed by atoms with Crippen molar-refractivity contribution in [3.05, 3.63) is 46.0 Å². The molecule has 8 nitrogen and oxygen atoms in total. The molecule has 8 heteroatoms. The number of rotatable bonds is 6. The van der Waals surface area contributed by atoms with Crippen molar-refractivity contribution in [3.63, 3.8) is 0 Å². The molecule has 0 spiro atoms. The number of fused-ring (bicyclic) bond motifs is 1. The van der Waals surface area contributed by atoms with Crippen LogP contribution in [0.15, 0.2) is 30.3 Å². The van der Waals surface area contributed by atoms with Crippen LogP contribution in [0.4, 0.5) is 0 Å². The minimum atomic E-state index is -1.30. The standard InChI is InChI=1S/C16H21NO7/c1-16(2)23-14-13(21-9-10-6-4-3-5-7-10)12(22-15(14)24-16)11(18)8-17(19)20/h3-7,11-15,18H,8-9H2,1-2H3. The summed E-state index contributed by atoms with van der Waals surface area (Å²) in [6.07, 6.45) is -4.11. The summed E-state index contributed by atoms with van der Waals surface area (Å²) in [5, 5.41) is 20.8. The smallest absolute Gasteiger partial charge is 0.232 e. The molecule has 3 rings (SSSR count). The summed E-state index contributed by atoms with van der Waals surface area (Å²) in [5.41, 5.74) is 0.946. The number of aliphatic hydroxyl groups excluding tert-OH is 1. The van der Waals surface area contributed by atoms with Crippen LogP contribution in [0.5, 0.6) is 0 Å². The first-order chi connectivity index (χ1) is 11.4. The fourth-order valence-electron chi connectivity index (χ4n) is 3.03. The normalized spacial score (nSPS) is 32.5. The minimum Gasteiger partial charge on any atom is -0.383 e. The third kappa shape index (κ3) is 3.73. The van der Waals surface area contributed by atoms with Crippen molar-refractivity contribution in [2.24, 2.45) is 0 Å². The predicted octanol–water partition coefficient (Wildman–Crippen LogP) is 1.09. The molecule has 1 N–H and O–H groups in total. The van der Waals surface area contributed by atoms with Crippen LogP contribution in [-0.4, -0.2) is 53.1 Å². The van der Waals surface area contributed by atoms with Gasteiger partial charge in [0.25, 0.3) is 0 Å². The lowest BCUT2D eigenvalue weighted by Gasteiger charge is -2.27. The van der Waals surface area contributed by atoms with Gasteiger partial charge in [-0.3, -0.25) is 10.1 Å². The maximum Gasteiger partial charge on any atom is 0.232 e. The Morgan fingerprint density at radius 2 is 2.04 bits per heavy atom. The summed E-state index contributed by atoms with van der Waals surface area (Å²) in [7, 11) is 0. The molecule has 1 aromatic carbocycles. The second-order valence-corrected chi connectivity index (χ2v) is 6.41. The average molecular weight is 339 g/mol. The molecule has 0 amide bonds. The van der Waals surface area contributed by atoms with Crippen LogP contribution in [0.1, 0.15) is 19.4 Å². The molecule has 0 aromatic heterocycles. The van der Waals surface area contributed by atoms with Gasteiger partial charge in [-0.25, -0.2) is 0 Å². The highest BCUT2D eigenvalue weighted by Gasteiger charge is 2.57. The number of nitrogens with zero attached hydrogens (tertiary/aromatic N) is 1. The molecule has 2 aliphatic heterocycles. The monoisotopic (exact) mass is 339 g/mol. The molecule has 24 heavy (non-hydrogen) atoms. The van der Waals surface area contributed by atoms with E-state index in [2.05, 4.69) is 0 Å². The Morgan fingerprint density at radius 1 is 1.33 bits per heavy atom. The van der Waals surface area contributed by atoms with Crippen molar-refractivity contribution >= 4 is 0 Å². The van der Waals surface area contributed by atoms with Gasteiger partial charge >= 0.3 is 0 Å². The molecule has 0 saturated carbocycles. The molecular weight excluding hydrogens is 318 g/mol. The SMILES string of the molecule is CC1(C)OC2OC(C(O)C[N+](=O)[O-])C(OCc3ccccc3)C2O1. The Balaban J connectivity index is 1.72. The molecular formula is C16H21NO7. The highest BCUT2D eigenvalue weighted by molar-refractivity contribution is 5.13. The van der Waals surface area contributed by atoms with Crippen molar-refractivity contribution in [1.82, 2.24) is 0 Å². The molecule has 2 saturated heterocycles. The minimum absolute atomic E-state index is 0.281. The molecule has 2 heterocycles. The zero-order valence-corrected chi connectivity index (χ0v) is 13.5. The van der Waals surface area contributed by atoms with E-state index < -0.39 is 48.0 Å². The van der Waals surface area contributed by atoms with Gasteiger partial charge in [0.05, 0.1) is 6.61 Å². The predicted molar refractivity (Wildman–Crippen MR) is 81.6 cm³/mol. The first kappa shape index (κ1) is 17.2. The van der Waals surface area contributed by atoms with E-state index in [1.165, 1.54) is 0 Å². The zero-order chi connectivity index (χ0) is 17.3. The van der Waals surface area contributed by atoms with Crippen molar-refractivity contribution in [2.45, 2.75) is 56.9 Å². The van der Waals surface area contributed by atoms with Crippen LogP contribution in [-0.2, 0) is 25.6 Å². The number of benzene rings is 1. The Morgan fingerprint density at radius 3 is 2.71 bits per heavy atom. The Hall–Kier alpha value is -1.58. The number of hydrogen-bond acceptors (Lipinski definition) is 7. The fourth-order valence-corrected chi connectivity index (χ4v) is 3.03.